The summed E-state index contributed by atoms with van der Waals surface area (Å²) in [5.74, 6) is -0.442. The van der Waals surface area contributed by atoms with E-state index in [2.05, 4.69) is 0 Å². The quantitative estimate of drug-likeness (QED) is 0.329. The third kappa shape index (κ3) is 3.84. The number of sulfone groups is 1. The summed E-state index contributed by atoms with van der Waals surface area (Å²) >= 11 is 0. The lowest BCUT2D eigenvalue weighted by Crippen LogP contribution is -2.10. The van der Waals surface area contributed by atoms with Crippen molar-refractivity contribution in [3.05, 3.63) is 106 Å². The molecular formula is C23H20N2O4S. The Morgan fingerprint density at radius 1 is 0.933 bits per heavy atom. The Labute approximate surface area is 174 Å². The van der Waals surface area contributed by atoms with Crippen LogP contribution in [0.2, 0.25) is 0 Å². The monoisotopic (exact) mass is 420 g/mol. The first-order valence-corrected chi connectivity index (χ1v) is 11.1. The van der Waals surface area contributed by atoms with Crippen LogP contribution < -0.4 is 0 Å². The highest BCUT2D eigenvalue weighted by atomic mass is 32.2. The van der Waals surface area contributed by atoms with Gasteiger partial charge in [0.15, 0.2) is 9.84 Å². The maximum absolute atomic E-state index is 13.1. The molecule has 3 aromatic carbocycles. The molecule has 0 N–H and O–H groups in total. The summed E-state index contributed by atoms with van der Waals surface area (Å²) in [5.41, 5.74) is 2.56. The molecule has 152 valence electrons. The molecule has 0 saturated carbocycles. The van der Waals surface area contributed by atoms with Crippen molar-refractivity contribution in [1.82, 2.24) is 4.57 Å². The van der Waals surface area contributed by atoms with Crippen LogP contribution in [0.5, 0.6) is 0 Å². The van der Waals surface area contributed by atoms with Gasteiger partial charge in [-0.3, -0.25) is 10.1 Å². The first-order chi connectivity index (χ1) is 14.3. The molecule has 0 aliphatic carbocycles. The SMILES string of the molecule is Cc1ccc(S(=O)(=O)Cc2c([N+](=O)[O-])ccc3ccn(Cc4ccccc4)c23)cc1. The van der Waals surface area contributed by atoms with Gasteiger partial charge in [-0.05, 0) is 36.8 Å². The molecule has 1 heterocycles. The van der Waals surface area contributed by atoms with E-state index < -0.39 is 20.5 Å². The molecule has 1 aromatic heterocycles. The van der Waals surface area contributed by atoms with Gasteiger partial charge >= 0.3 is 0 Å². The number of rotatable bonds is 6. The summed E-state index contributed by atoms with van der Waals surface area (Å²) in [6.45, 7) is 2.36. The van der Waals surface area contributed by atoms with Crippen molar-refractivity contribution in [1.29, 1.82) is 0 Å². The average molecular weight is 420 g/mol. The van der Waals surface area contributed by atoms with Gasteiger partial charge in [-0.1, -0.05) is 48.0 Å². The summed E-state index contributed by atoms with van der Waals surface area (Å²) in [6.07, 6.45) is 1.84. The van der Waals surface area contributed by atoms with Crippen LogP contribution in [0.4, 0.5) is 5.69 Å². The number of nitro groups is 1. The van der Waals surface area contributed by atoms with Crippen LogP contribution in [-0.4, -0.2) is 17.9 Å². The van der Waals surface area contributed by atoms with Gasteiger partial charge in [0, 0.05) is 24.2 Å². The van der Waals surface area contributed by atoms with E-state index in [1.165, 1.54) is 6.07 Å². The topological polar surface area (TPSA) is 82.2 Å². The van der Waals surface area contributed by atoms with E-state index in [-0.39, 0.29) is 16.1 Å². The molecule has 0 spiro atoms. The smallest absolute Gasteiger partial charge is 0.275 e. The zero-order valence-electron chi connectivity index (χ0n) is 16.4. The second-order valence-electron chi connectivity index (χ2n) is 7.26. The van der Waals surface area contributed by atoms with Gasteiger partial charge in [0.05, 0.1) is 26.7 Å². The Balaban J connectivity index is 1.86. The fourth-order valence-corrected chi connectivity index (χ4v) is 4.99. The van der Waals surface area contributed by atoms with Crippen LogP contribution in [0.15, 0.2) is 83.9 Å². The van der Waals surface area contributed by atoms with Crippen molar-refractivity contribution < 1.29 is 13.3 Å². The van der Waals surface area contributed by atoms with Crippen molar-refractivity contribution in [2.24, 2.45) is 0 Å². The van der Waals surface area contributed by atoms with Crippen LogP contribution in [0.25, 0.3) is 10.9 Å². The van der Waals surface area contributed by atoms with Gasteiger partial charge in [0.2, 0.25) is 0 Å². The molecule has 0 atom stereocenters. The number of fused-ring (bicyclic) bond motifs is 1. The van der Waals surface area contributed by atoms with Gasteiger partial charge in [0.1, 0.15) is 0 Å². The van der Waals surface area contributed by atoms with E-state index in [1.54, 1.807) is 30.3 Å². The Morgan fingerprint density at radius 3 is 2.30 bits per heavy atom. The molecule has 0 bridgehead atoms. The molecule has 4 aromatic rings. The Hall–Kier alpha value is -3.45. The summed E-state index contributed by atoms with van der Waals surface area (Å²) in [4.78, 5) is 11.4. The van der Waals surface area contributed by atoms with E-state index >= 15 is 0 Å². The van der Waals surface area contributed by atoms with Gasteiger partial charge in [-0.15, -0.1) is 0 Å². The van der Waals surface area contributed by atoms with E-state index in [1.807, 2.05) is 54.1 Å². The molecule has 6 nitrogen and oxygen atoms in total. The number of hydrogen-bond donors (Lipinski definition) is 0. The maximum atomic E-state index is 13.1. The third-order valence-corrected chi connectivity index (χ3v) is 6.78. The van der Waals surface area contributed by atoms with E-state index in [4.69, 9.17) is 0 Å². The molecule has 0 aliphatic heterocycles. The summed E-state index contributed by atoms with van der Waals surface area (Å²) < 4.78 is 28.1. The number of benzene rings is 3. The van der Waals surface area contributed by atoms with Crippen LogP contribution >= 0.6 is 0 Å². The van der Waals surface area contributed by atoms with Crippen molar-refractivity contribution in [2.75, 3.05) is 0 Å². The van der Waals surface area contributed by atoms with Gasteiger partial charge < -0.3 is 4.57 Å². The molecule has 0 aliphatic rings. The maximum Gasteiger partial charge on any atom is 0.275 e. The van der Waals surface area contributed by atoms with Crippen molar-refractivity contribution in [3.63, 3.8) is 0 Å². The standard InChI is InChI=1S/C23H20N2O4S/c1-17-7-10-20(11-8-17)30(28,29)16-21-22(25(26)27)12-9-19-13-14-24(23(19)21)15-18-5-3-2-4-6-18/h2-14H,15-16H2,1H3. The number of aromatic nitrogens is 1. The van der Waals surface area contributed by atoms with E-state index in [9.17, 15) is 18.5 Å². The van der Waals surface area contributed by atoms with Gasteiger partial charge in [-0.2, -0.15) is 0 Å². The van der Waals surface area contributed by atoms with Crippen LogP contribution in [0, 0.1) is 17.0 Å². The largest absolute Gasteiger partial charge is 0.343 e. The minimum Gasteiger partial charge on any atom is -0.343 e. The molecule has 0 radical (unpaired) electrons. The highest BCUT2D eigenvalue weighted by molar-refractivity contribution is 7.90. The Kier molecular flexibility index (Phi) is 5.13. The molecule has 30 heavy (non-hydrogen) atoms. The van der Waals surface area contributed by atoms with E-state index in [0.717, 1.165) is 16.5 Å². The lowest BCUT2D eigenvalue weighted by molar-refractivity contribution is -0.385. The number of nitrogens with zero attached hydrogens (tertiary/aromatic N) is 2. The lowest BCUT2D eigenvalue weighted by Gasteiger charge is -2.12. The normalized spacial score (nSPS) is 11.6. The van der Waals surface area contributed by atoms with Gasteiger partial charge in [0.25, 0.3) is 5.69 Å². The zero-order valence-corrected chi connectivity index (χ0v) is 17.2. The number of hydrogen-bond acceptors (Lipinski definition) is 4. The molecule has 0 unspecified atom stereocenters. The molecule has 4 rings (SSSR count). The predicted molar refractivity (Wildman–Crippen MR) is 116 cm³/mol. The molecular weight excluding hydrogens is 400 g/mol. The summed E-state index contributed by atoms with van der Waals surface area (Å²) in [7, 11) is -3.76. The summed E-state index contributed by atoms with van der Waals surface area (Å²) in [6, 6.07) is 21.1. The average Bonchev–Trinajstić information content (AvgIpc) is 3.12. The van der Waals surface area contributed by atoms with Crippen molar-refractivity contribution in [3.8, 4) is 0 Å². The van der Waals surface area contributed by atoms with Gasteiger partial charge in [-0.25, -0.2) is 8.42 Å². The number of nitro benzene ring substituents is 1. The lowest BCUT2D eigenvalue weighted by atomic mass is 10.1. The summed E-state index contributed by atoms with van der Waals surface area (Å²) in [5, 5.41) is 12.5. The molecule has 7 heteroatoms. The minimum absolute atomic E-state index is 0.153. The molecule has 0 amide bonds. The predicted octanol–water partition coefficient (Wildman–Crippen LogP) is 4.88. The van der Waals surface area contributed by atoms with E-state index in [0.29, 0.717) is 12.1 Å². The van der Waals surface area contributed by atoms with Crippen molar-refractivity contribution in [2.45, 2.75) is 24.1 Å². The van der Waals surface area contributed by atoms with Crippen LogP contribution in [-0.2, 0) is 22.1 Å². The fourth-order valence-electron chi connectivity index (χ4n) is 3.61. The zero-order chi connectivity index (χ0) is 21.3. The van der Waals surface area contributed by atoms with Crippen molar-refractivity contribution >= 4 is 26.4 Å². The Bertz CT molecular complexity index is 1330. The first-order valence-electron chi connectivity index (χ1n) is 9.43. The molecule has 0 fully saturated rings. The second kappa shape index (κ2) is 7.76. The first kappa shape index (κ1) is 19.8. The minimum atomic E-state index is -3.76. The number of aryl methyl sites for hydroxylation is 1. The molecule has 0 saturated heterocycles. The fraction of sp³-hybridized carbons (Fsp3) is 0.130. The highest BCUT2D eigenvalue weighted by Crippen LogP contribution is 2.32. The third-order valence-electron chi connectivity index (χ3n) is 5.12. The second-order valence-corrected chi connectivity index (χ2v) is 9.25. The van der Waals surface area contributed by atoms with Crippen LogP contribution in [0.1, 0.15) is 16.7 Å². The Morgan fingerprint density at radius 2 is 1.63 bits per heavy atom. The highest BCUT2D eigenvalue weighted by Gasteiger charge is 2.26. The van der Waals surface area contributed by atoms with Crippen LogP contribution in [0.3, 0.4) is 0 Å².